The lowest BCUT2D eigenvalue weighted by Gasteiger charge is -2.22. The molecule has 11 heavy (non-hydrogen) atoms. The molecule has 0 spiro atoms. The quantitative estimate of drug-likeness (QED) is 0.649. The van der Waals surface area contributed by atoms with Gasteiger partial charge < -0.3 is 4.90 Å². The van der Waals surface area contributed by atoms with Crippen molar-refractivity contribution in [2.45, 2.75) is 32.2 Å². The average Bonchev–Trinajstić information content (AvgIpc) is 2.50. The van der Waals surface area contributed by atoms with Crippen molar-refractivity contribution in [2.24, 2.45) is 0 Å². The zero-order valence-corrected chi connectivity index (χ0v) is 8.43. The molecule has 0 unspecified atom stereocenters. The van der Waals surface area contributed by atoms with Crippen LogP contribution in [-0.4, -0.2) is 28.7 Å². The van der Waals surface area contributed by atoms with Gasteiger partial charge in [0.15, 0.2) is 0 Å². The Hall–Kier alpha value is -0.0500. The lowest BCUT2D eigenvalue weighted by Crippen LogP contribution is -2.35. The molecule has 1 fully saturated rings. The number of rotatable bonds is 2. The van der Waals surface area contributed by atoms with E-state index in [0.29, 0.717) is 18.4 Å². The van der Waals surface area contributed by atoms with Gasteiger partial charge in [0.05, 0.1) is 0 Å². The fourth-order valence-corrected chi connectivity index (χ4v) is 2.20. The van der Waals surface area contributed by atoms with Crippen molar-refractivity contribution in [3.05, 3.63) is 0 Å². The van der Waals surface area contributed by atoms with Crippen LogP contribution in [0.4, 0.5) is 0 Å². The zero-order valence-electron chi connectivity index (χ0n) is 6.85. The summed E-state index contributed by atoms with van der Waals surface area (Å²) in [5.41, 5.74) is 0. The molecule has 1 aliphatic heterocycles. The Morgan fingerprint density at radius 2 is 2.45 bits per heavy atom. The number of carbonyl (C=O) groups excluding carboxylic acids is 1. The van der Waals surface area contributed by atoms with E-state index >= 15 is 0 Å². The van der Waals surface area contributed by atoms with Crippen LogP contribution in [0.15, 0.2) is 0 Å². The maximum absolute atomic E-state index is 11.3. The first-order chi connectivity index (χ1) is 5.29. The molecule has 0 saturated carbocycles. The van der Waals surface area contributed by atoms with E-state index in [1.807, 2.05) is 11.8 Å². The highest BCUT2D eigenvalue weighted by Gasteiger charge is 2.26. The largest absolute Gasteiger partial charge is 0.339 e. The van der Waals surface area contributed by atoms with Gasteiger partial charge >= 0.3 is 0 Å². The number of carbonyl (C=O) groups is 1. The summed E-state index contributed by atoms with van der Waals surface area (Å²) in [5.74, 6) is 0.298. The summed E-state index contributed by atoms with van der Waals surface area (Å²) in [6, 6.07) is 0.461. The van der Waals surface area contributed by atoms with Crippen molar-refractivity contribution < 1.29 is 4.79 Å². The van der Waals surface area contributed by atoms with Crippen molar-refractivity contribution in [1.82, 2.24) is 4.90 Å². The maximum Gasteiger partial charge on any atom is 0.222 e. The molecule has 1 rings (SSSR count). The Morgan fingerprint density at radius 3 is 3.00 bits per heavy atom. The van der Waals surface area contributed by atoms with Gasteiger partial charge in [-0.25, -0.2) is 0 Å². The van der Waals surface area contributed by atoms with Gasteiger partial charge in [0, 0.05) is 24.3 Å². The van der Waals surface area contributed by atoms with Crippen LogP contribution in [-0.2, 0) is 4.79 Å². The van der Waals surface area contributed by atoms with Crippen LogP contribution in [0, 0.1) is 0 Å². The van der Waals surface area contributed by atoms with Crippen molar-refractivity contribution >= 4 is 21.8 Å². The second-order valence-electron chi connectivity index (χ2n) is 2.89. The number of nitrogens with zero attached hydrogens (tertiary/aromatic N) is 1. The van der Waals surface area contributed by atoms with Crippen LogP contribution < -0.4 is 0 Å². The predicted octanol–water partition coefficient (Wildman–Crippen LogP) is 1.78. The monoisotopic (exact) mass is 219 g/mol. The van der Waals surface area contributed by atoms with E-state index in [0.717, 1.165) is 18.3 Å². The number of hydrogen-bond donors (Lipinski definition) is 0. The highest BCUT2D eigenvalue weighted by Crippen LogP contribution is 2.19. The van der Waals surface area contributed by atoms with Gasteiger partial charge in [-0.15, -0.1) is 0 Å². The van der Waals surface area contributed by atoms with Crippen LogP contribution >= 0.6 is 15.9 Å². The number of likely N-dealkylation sites (tertiary alicyclic amines) is 1. The highest BCUT2D eigenvalue weighted by molar-refractivity contribution is 9.09. The Morgan fingerprint density at radius 1 is 1.73 bits per heavy atom. The van der Waals surface area contributed by atoms with Crippen molar-refractivity contribution in [2.75, 3.05) is 11.9 Å². The SMILES string of the molecule is CCC(=O)N1CCC[C@H]1CBr. The van der Waals surface area contributed by atoms with Gasteiger partial charge in [0.25, 0.3) is 0 Å². The highest BCUT2D eigenvalue weighted by atomic mass is 79.9. The molecule has 3 heteroatoms. The molecule has 1 heterocycles. The summed E-state index contributed by atoms with van der Waals surface area (Å²) in [6.45, 7) is 2.88. The summed E-state index contributed by atoms with van der Waals surface area (Å²) in [7, 11) is 0. The minimum Gasteiger partial charge on any atom is -0.339 e. The fraction of sp³-hybridized carbons (Fsp3) is 0.875. The molecular weight excluding hydrogens is 206 g/mol. The molecule has 0 N–H and O–H groups in total. The summed E-state index contributed by atoms with van der Waals surface area (Å²) < 4.78 is 0. The second-order valence-corrected chi connectivity index (χ2v) is 3.54. The minimum atomic E-state index is 0.298. The van der Waals surface area contributed by atoms with Crippen LogP contribution in [0.3, 0.4) is 0 Å². The minimum absolute atomic E-state index is 0.298. The molecule has 0 aromatic heterocycles. The summed E-state index contributed by atoms with van der Waals surface area (Å²) in [5, 5.41) is 0.929. The molecule has 1 saturated heterocycles. The first-order valence-electron chi connectivity index (χ1n) is 4.15. The van der Waals surface area contributed by atoms with E-state index in [-0.39, 0.29) is 0 Å². The molecular formula is C8H14BrNO. The van der Waals surface area contributed by atoms with E-state index < -0.39 is 0 Å². The number of amides is 1. The number of halogens is 1. The van der Waals surface area contributed by atoms with E-state index in [1.54, 1.807) is 0 Å². The first-order valence-corrected chi connectivity index (χ1v) is 5.27. The van der Waals surface area contributed by atoms with Crippen molar-refractivity contribution in [3.63, 3.8) is 0 Å². The summed E-state index contributed by atoms with van der Waals surface area (Å²) in [6.07, 6.45) is 2.97. The topological polar surface area (TPSA) is 20.3 Å². The third kappa shape index (κ3) is 1.95. The normalized spacial score (nSPS) is 24.2. The van der Waals surface area contributed by atoms with E-state index in [9.17, 15) is 4.79 Å². The van der Waals surface area contributed by atoms with Crippen LogP contribution in [0.5, 0.6) is 0 Å². The summed E-state index contributed by atoms with van der Waals surface area (Å²) >= 11 is 3.42. The second kappa shape index (κ2) is 4.10. The number of hydrogen-bond acceptors (Lipinski definition) is 1. The summed E-state index contributed by atoms with van der Waals surface area (Å²) in [4.78, 5) is 13.3. The molecule has 0 radical (unpaired) electrons. The third-order valence-corrected chi connectivity index (χ3v) is 2.93. The molecule has 1 amide bonds. The molecule has 1 atom stereocenters. The molecule has 1 aliphatic rings. The molecule has 64 valence electrons. The van der Waals surface area contributed by atoms with Crippen molar-refractivity contribution in [1.29, 1.82) is 0 Å². The van der Waals surface area contributed by atoms with E-state index in [2.05, 4.69) is 15.9 Å². The Balaban J connectivity index is 2.49. The lowest BCUT2D eigenvalue weighted by atomic mass is 10.2. The van der Waals surface area contributed by atoms with Gasteiger partial charge in [0.2, 0.25) is 5.91 Å². The molecule has 0 aliphatic carbocycles. The van der Waals surface area contributed by atoms with E-state index in [4.69, 9.17) is 0 Å². The molecule has 0 bridgehead atoms. The van der Waals surface area contributed by atoms with Gasteiger partial charge in [-0.05, 0) is 12.8 Å². The smallest absolute Gasteiger partial charge is 0.222 e. The van der Waals surface area contributed by atoms with Crippen molar-refractivity contribution in [3.8, 4) is 0 Å². The van der Waals surface area contributed by atoms with Gasteiger partial charge in [-0.3, -0.25) is 4.79 Å². The fourth-order valence-electron chi connectivity index (χ4n) is 1.53. The zero-order chi connectivity index (χ0) is 8.27. The Kier molecular flexibility index (Phi) is 3.37. The van der Waals surface area contributed by atoms with Crippen LogP contribution in [0.2, 0.25) is 0 Å². The van der Waals surface area contributed by atoms with Crippen LogP contribution in [0.25, 0.3) is 0 Å². The van der Waals surface area contributed by atoms with E-state index in [1.165, 1.54) is 6.42 Å². The van der Waals surface area contributed by atoms with Gasteiger partial charge in [-0.2, -0.15) is 0 Å². The molecule has 0 aromatic rings. The standard InChI is InChI=1S/C8H14BrNO/c1-2-8(11)10-5-3-4-7(10)6-9/h7H,2-6H2,1H3/t7-/m0/s1. The third-order valence-electron chi connectivity index (χ3n) is 2.18. The molecule has 0 aromatic carbocycles. The maximum atomic E-state index is 11.3. The first kappa shape index (κ1) is 9.04. The lowest BCUT2D eigenvalue weighted by molar-refractivity contribution is -0.131. The van der Waals surface area contributed by atoms with Gasteiger partial charge in [-0.1, -0.05) is 22.9 Å². The Labute approximate surface area is 76.1 Å². The van der Waals surface area contributed by atoms with Crippen LogP contribution in [0.1, 0.15) is 26.2 Å². The number of alkyl halides is 1. The molecule has 2 nitrogen and oxygen atoms in total. The average molecular weight is 220 g/mol. The Bertz CT molecular complexity index is 149. The predicted molar refractivity (Wildman–Crippen MR) is 48.8 cm³/mol. The van der Waals surface area contributed by atoms with Gasteiger partial charge in [0.1, 0.15) is 0 Å².